The summed E-state index contributed by atoms with van der Waals surface area (Å²) in [6, 6.07) is 0. The largest absolute Gasteiger partial charge is 0.365 e. The molecule has 0 aromatic carbocycles. The van der Waals surface area contributed by atoms with Crippen molar-refractivity contribution in [3.8, 4) is 0 Å². The lowest BCUT2D eigenvalue weighted by Gasteiger charge is -1.98. The van der Waals surface area contributed by atoms with E-state index in [1.807, 2.05) is 13.8 Å². The van der Waals surface area contributed by atoms with Crippen molar-refractivity contribution in [1.82, 2.24) is 4.98 Å². The first-order chi connectivity index (χ1) is 4.22. The number of halogens is 1. The molecule has 0 bridgehead atoms. The molecule has 0 radical (unpaired) electrons. The highest BCUT2D eigenvalue weighted by Gasteiger charge is 2.04. The van der Waals surface area contributed by atoms with Crippen molar-refractivity contribution in [2.24, 2.45) is 0 Å². The minimum Gasteiger partial charge on any atom is -0.365 e. The Bertz CT molecular complexity index is 191. The third-order valence-electron chi connectivity index (χ3n) is 1.35. The van der Waals surface area contributed by atoms with Crippen LogP contribution in [0.2, 0.25) is 0 Å². The van der Waals surface area contributed by atoms with Crippen LogP contribution in [0.15, 0.2) is 12.4 Å². The molecule has 0 aliphatic rings. The van der Waals surface area contributed by atoms with Gasteiger partial charge in [0.15, 0.2) is 0 Å². The van der Waals surface area contributed by atoms with Gasteiger partial charge in [-0.3, -0.25) is 0 Å². The first-order valence-electron chi connectivity index (χ1n) is 3.04. The molecule has 1 aromatic heterocycles. The molecule has 0 fully saturated rings. The van der Waals surface area contributed by atoms with Gasteiger partial charge in [-0.2, -0.15) is 0 Å². The molecule has 0 saturated carbocycles. The van der Waals surface area contributed by atoms with E-state index in [2.05, 4.69) is 4.98 Å². The number of aromatic amines is 1. The van der Waals surface area contributed by atoms with Gasteiger partial charge in [0.2, 0.25) is 0 Å². The minimum atomic E-state index is -0.134. The normalized spacial score (nSPS) is 10.7. The van der Waals surface area contributed by atoms with Gasteiger partial charge in [0.05, 0.1) is 0 Å². The molecular weight excluding hydrogens is 117 g/mol. The molecule has 0 aliphatic heterocycles. The Hall–Kier alpha value is -0.790. The summed E-state index contributed by atoms with van der Waals surface area (Å²) in [5.41, 5.74) is 0.759. The van der Waals surface area contributed by atoms with Crippen LogP contribution in [-0.2, 0) is 0 Å². The standard InChI is InChI=1S/C7H10FN/c1-5(2)6-3-9-4-7(6)8/h3-5,9H,1-2H3. The molecule has 0 unspecified atom stereocenters. The van der Waals surface area contributed by atoms with Gasteiger partial charge in [-0.25, -0.2) is 4.39 Å². The molecule has 9 heavy (non-hydrogen) atoms. The molecule has 1 nitrogen and oxygen atoms in total. The fourth-order valence-electron chi connectivity index (χ4n) is 0.799. The summed E-state index contributed by atoms with van der Waals surface area (Å²) in [7, 11) is 0. The Morgan fingerprint density at radius 1 is 1.44 bits per heavy atom. The van der Waals surface area contributed by atoms with Crippen LogP contribution in [0.5, 0.6) is 0 Å². The molecule has 0 aliphatic carbocycles. The van der Waals surface area contributed by atoms with E-state index in [1.54, 1.807) is 6.20 Å². The van der Waals surface area contributed by atoms with Crippen LogP contribution in [-0.4, -0.2) is 4.98 Å². The summed E-state index contributed by atoms with van der Waals surface area (Å²) >= 11 is 0. The monoisotopic (exact) mass is 127 g/mol. The average molecular weight is 127 g/mol. The van der Waals surface area contributed by atoms with Crippen molar-refractivity contribution in [3.63, 3.8) is 0 Å². The zero-order valence-corrected chi connectivity index (χ0v) is 5.61. The van der Waals surface area contributed by atoms with Crippen LogP contribution in [0.4, 0.5) is 4.39 Å². The average Bonchev–Trinajstić information content (AvgIpc) is 2.13. The second-order valence-corrected chi connectivity index (χ2v) is 2.41. The molecule has 0 amide bonds. The Kier molecular flexibility index (Phi) is 1.56. The molecule has 0 atom stereocenters. The molecule has 50 valence electrons. The molecule has 0 saturated heterocycles. The first-order valence-corrected chi connectivity index (χ1v) is 3.04. The topological polar surface area (TPSA) is 15.8 Å². The predicted octanol–water partition coefficient (Wildman–Crippen LogP) is 2.28. The van der Waals surface area contributed by atoms with Gasteiger partial charge >= 0.3 is 0 Å². The molecule has 1 N–H and O–H groups in total. The van der Waals surface area contributed by atoms with Crippen LogP contribution >= 0.6 is 0 Å². The van der Waals surface area contributed by atoms with E-state index in [0.29, 0.717) is 0 Å². The van der Waals surface area contributed by atoms with E-state index in [-0.39, 0.29) is 11.7 Å². The predicted molar refractivity (Wildman–Crippen MR) is 34.8 cm³/mol. The second kappa shape index (κ2) is 2.21. The minimum absolute atomic E-state index is 0.134. The smallest absolute Gasteiger partial charge is 0.144 e. The number of hydrogen-bond donors (Lipinski definition) is 1. The van der Waals surface area contributed by atoms with E-state index in [0.717, 1.165) is 5.56 Å². The lowest BCUT2D eigenvalue weighted by molar-refractivity contribution is 0.603. The Labute approximate surface area is 53.9 Å². The number of rotatable bonds is 1. The number of H-pyrrole nitrogens is 1. The quantitative estimate of drug-likeness (QED) is 0.595. The summed E-state index contributed by atoms with van der Waals surface area (Å²) in [6.07, 6.45) is 3.06. The molecule has 2 heteroatoms. The fourth-order valence-corrected chi connectivity index (χ4v) is 0.799. The van der Waals surface area contributed by atoms with Crippen LogP contribution in [0.25, 0.3) is 0 Å². The van der Waals surface area contributed by atoms with E-state index >= 15 is 0 Å². The van der Waals surface area contributed by atoms with Gasteiger partial charge in [0.1, 0.15) is 5.82 Å². The highest BCUT2D eigenvalue weighted by atomic mass is 19.1. The van der Waals surface area contributed by atoms with Crippen LogP contribution < -0.4 is 0 Å². The Morgan fingerprint density at radius 3 is 2.33 bits per heavy atom. The van der Waals surface area contributed by atoms with Gasteiger partial charge in [-0.1, -0.05) is 13.8 Å². The molecule has 1 heterocycles. The third-order valence-corrected chi connectivity index (χ3v) is 1.35. The van der Waals surface area contributed by atoms with Crippen molar-refractivity contribution in [3.05, 3.63) is 23.8 Å². The van der Waals surface area contributed by atoms with Crippen molar-refractivity contribution < 1.29 is 4.39 Å². The van der Waals surface area contributed by atoms with E-state index in [1.165, 1.54) is 6.20 Å². The SMILES string of the molecule is CC(C)c1c[nH]cc1F. The fraction of sp³-hybridized carbons (Fsp3) is 0.429. The number of hydrogen-bond acceptors (Lipinski definition) is 0. The highest BCUT2D eigenvalue weighted by Crippen LogP contribution is 2.16. The van der Waals surface area contributed by atoms with Crippen LogP contribution in [0, 0.1) is 5.82 Å². The van der Waals surface area contributed by atoms with E-state index in [4.69, 9.17) is 0 Å². The van der Waals surface area contributed by atoms with Gasteiger partial charge in [0, 0.05) is 18.0 Å². The van der Waals surface area contributed by atoms with Crippen molar-refractivity contribution in [2.75, 3.05) is 0 Å². The van der Waals surface area contributed by atoms with E-state index in [9.17, 15) is 4.39 Å². The van der Waals surface area contributed by atoms with Crippen molar-refractivity contribution in [2.45, 2.75) is 19.8 Å². The van der Waals surface area contributed by atoms with Crippen molar-refractivity contribution in [1.29, 1.82) is 0 Å². The Morgan fingerprint density at radius 2 is 2.11 bits per heavy atom. The molecule has 0 spiro atoms. The maximum Gasteiger partial charge on any atom is 0.144 e. The summed E-state index contributed by atoms with van der Waals surface area (Å²) in [4.78, 5) is 2.70. The maximum absolute atomic E-state index is 12.6. The lowest BCUT2D eigenvalue weighted by atomic mass is 10.1. The zero-order valence-electron chi connectivity index (χ0n) is 5.61. The molecule has 1 aromatic rings. The van der Waals surface area contributed by atoms with Gasteiger partial charge in [0.25, 0.3) is 0 Å². The number of nitrogens with one attached hydrogen (secondary N) is 1. The molecular formula is C7H10FN. The number of aromatic nitrogens is 1. The highest BCUT2D eigenvalue weighted by molar-refractivity contribution is 5.15. The molecule has 1 rings (SSSR count). The van der Waals surface area contributed by atoms with Gasteiger partial charge in [-0.05, 0) is 5.92 Å². The van der Waals surface area contributed by atoms with Gasteiger partial charge < -0.3 is 4.98 Å². The summed E-state index contributed by atoms with van der Waals surface area (Å²) in [5, 5.41) is 0. The lowest BCUT2D eigenvalue weighted by Crippen LogP contribution is -1.85. The summed E-state index contributed by atoms with van der Waals surface area (Å²) in [6.45, 7) is 3.93. The summed E-state index contributed by atoms with van der Waals surface area (Å²) in [5.74, 6) is 0.140. The maximum atomic E-state index is 12.6. The third kappa shape index (κ3) is 1.12. The van der Waals surface area contributed by atoms with E-state index < -0.39 is 0 Å². The Balaban J connectivity index is 2.94. The first kappa shape index (κ1) is 6.33. The van der Waals surface area contributed by atoms with Crippen molar-refractivity contribution >= 4 is 0 Å². The van der Waals surface area contributed by atoms with Gasteiger partial charge in [-0.15, -0.1) is 0 Å². The zero-order chi connectivity index (χ0) is 6.85. The van der Waals surface area contributed by atoms with Crippen LogP contribution in [0.1, 0.15) is 25.3 Å². The summed E-state index contributed by atoms with van der Waals surface area (Å²) < 4.78 is 12.6. The second-order valence-electron chi connectivity index (χ2n) is 2.41. The van der Waals surface area contributed by atoms with Crippen LogP contribution in [0.3, 0.4) is 0 Å².